The third-order valence-corrected chi connectivity index (χ3v) is 2.49. The van der Waals surface area contributed by atoms with Gasteiger partial charge in [0, 0.05) is 12.6 Å². The van der Waals surface area contributed by atoms with Crippen LogP contribution in [0.2, 0.25) is 0 Å². The van der Waals surface area contributed by atoms with Crippen LogP contribution >= 0.6 is 0 Å². The van der Waals surface area contributed by atoms with Gasteiger partial charge in [-0.15, -0.1) is 0 Å². The number of hydrogen-bond donors (Lipinski definition) is 1. The number of nitrogens with one attached hydrogen (secondary N) is 1. The van der Waals surface area contributed by atoms with Gasteiger partial charge in [-0.05, 0) is 13.5 Å². The maximum atomic E-state index is 11.7. The van der Waals surface area contributed by atoms with Gasteiger partial charge < -0.3 is 14.7 Å². The van der Waals surface area contributed by atoms with Crippen LogP contribution in [0.4, 0.5) is 0 Å². The average Bonchev–Trinajstić information content (AvgIpc) is 2.79. The molecule has 0 bridgehead atoms. The summed E-state index contributed by atoms with van der Waals surface area (Å²) < 4.78 is 4.71. The van der Waals surface area contributed by atoms with E-state index in [1.807, 2.05) is 7.05 Å². The van der Waals surface area contributed by atoms with Crippen LogP contribution in [0.15, 0.2) is 16.9 Å². The van der Waals surface area contributed by atoms with E-state index in [9.17, 15) is 4.79 Å². The molecule has 1 aliphatic heterocycles. The van der Waals surface area contributed by atoms with Crippen molar-refractivity contribution < 1.29 is 9.32 Å². The molecule has 0 aromatic carbocycles. The van der Waals surface area contributed by atoms with E-state index in [2.05, 4.69) is 10.5 Å². The summed E-state index contributed by atoms with van der Waals surface area (Å²) >= 11 is 0. The van der Waals surface area contributed by atoms with Crippen LogP contribution in [-0.2, 0) is 11.3 Å². The Labute approximate surface area is 82.1 Å². The van der Waals surface area contributed by atoms with Gasteiger partial charge in [0.1, 0.15) is 12.0 Å². The number of carbonyl (C=O) groups excluding carboxylic acids is 1. The van der Waals surface area contributed by atoms with E-state index in [1.54, 1.807) is 11.0 Å². The van der Waals surface area contributed by atoms with Crippen LogP contribution in [0.1, 0.15) is 12.1 Å². The maximum Gasteiger partial charge on any atom is 0.240 e. The molecule has 1 aliphatic rings. The van der Waals surface area contributed by atoms with Crippen molar-refractivity contribution in [1.82, 2.24) is 15.4 Å². The highest BCUT2D eigenvalue weighted by molar-refractivity contribution is 5.83. The first-order valence-electron chi connectivity index (χ1n) is 4.66. The van der Waals surface area contributed by atoms with Crippen molar-refractivity contribution in [3.05, 3.63) is 18.0 Å². The number of likely N-dealkylation sites (tertiary alicyclic amines) is 1. The van der Waals surface area contributed by atoms with Gasteiger partial charge in [-0.1, -0.05) is 5.16 Å². The molecule has 0 saturated carbocycles. The first-order valence-corrected chi connectivity index (χ1v) is 4.66. The summed E-state index contributed by atoms with van der Waals surface area (Å²) in [6, 6.07) is 1.75. The fourth-order valence-corrected chi connectivity index (χ4v) is 1.68. The largest absolute Gasteiger partial charge is 0.364 e. The lowest BCUT2D eigenvalue weighted by Crippen LogP contribution is -2.35. The van der Waals surface area contributed by atoms with E-state index in [0.717, 1.165) is 18.7 Å². The van der Waals surface area contributed by atoms with Gasteiger partial charge in [0.15, 0.2) is 0 Å². The molecule has 0 aliphatic carbocycles. The second-order valence-corrected chi connectivity index (χ2v) is 3.38. The molecule has 1 fully saturated rings. The van der Waals surface area contributed by atoms with E-state index >= 15 is 0 Å². The highest BCUT2D eigenvalue weighted by Gasteiger charge is 2.30. The Kier molecular flexibility index (Phi) is 2.49. The zero-order chi connectivity index (χ0) is 9.97. The van der Waals surface area contributed by atoms with E-state index in [4.69, 9.17) is 4.52 Å². The number of likely N-dealkylation sites (N-methyl/N-ethyl adjacent to an activating group) is 1. The third-order valence-electron chi connectivity index (χ3n) is 2.49. The zero-order valence-electron chi connectivity index (χ0n) is 8.06. The van der Waals surface area contributed by atoms with Crippen molar-refractivity contribution in [3.63, 3.8) is 0 Å². The number of nitrogens with zero attached hydrogens (tertiary/aromatic N) is 2. The Hall–Kier alpha value is -1.36. The lowest BCUT2D eigenvalue weighted by atomic mass is 10.3. The Balaban J connectivity index is 1.97. The molecule has 1 aromatic rings. The number of rotatable bonds is 3. The third kappa shape index (κ3) is 1.63. The van der Waals surface area contributed by atoms with Gasteiger partial charge >= 0.3 is 0 Å². The second kappa shape index (κ2) is 3.79. The van der Waals surface area contributed by atoms with Gasteiger partial charge in [0.05, 0.1) is 12.6 Å². The summed E-state index contributed by atoms with van der Waals surface area (Å²) in [4.78, 5) is 13.5. The molecular formula is C9H13N3O2. The Morgan fingerprint density at radius 2 is 2.64 bits per heavy atom. The fraction of sp³-hybridized carbons (Fsp3) is 0.556. The Morgan fingerprint density at radius 1 is 1.79 bits per heavy atom. The molecule has 5 nitrogen and oxygen atoms in total. The van der Waals surface area contributed by atoms with Gasteiger partial charge in [-0.25, -0.2) is 0 Å². The molecule has 1 saturated heterocycles. The quantitative estimate of drug-likeness (QED) is 0.737. The molecule has 1 atom stereocenters. The standard InChI is InChI=1S/C9H13N3O2/c1-10-8-2-4-12(9(8)13)6-7-3-5-14-11-7/h3,5,8,10H,2,4,6H2,1H3. The van der Waals surface area contributed by atoms with Crippen LogP contribution in [-0.4, -0.2) is 35.6 Å². The molecule has 14 heavy (non-hydrogen) atoms. The summed E-state index contributed by atoms with van der Waals surface area (Å²) in [5.41, 5.74) is 0.801. The zero-order valence-corrected chi connectivity index (χ0v) is 8.06. The van der Waals surface area contributed by atoms with Crippen LogP contribution in [0, 0.1) is 0 Å². The smallest absolute Gasteiger partial charge is 0.240 e. The summed E-state index contributed by atoms with van der Waals surface area (Å²) in [5, 5.41) is 6.76. The SMILES string of the molecule is CNC1CCN(Cc2ccon2)C1=O. The topological polar surface area (TPSA) is 58.4 Å². The molecule has 2 heterocycles. The predicted octanol–water partition coefficient (Wildman–Crippen LogP) is -0.00510. The maximum absolute atomic E-state index is 11.7. The lowest BCUT2D eigenvalue weighted by Gasteiger charge is -2.14. The molecular weight excluding hydrogens is 182 g/mol. The summed E-state index contributed by atoms with van der Waals surface area (Å²) in [6.07, 6.45) is 2.39. The van der Waals surface area contributed by atoms with Gasteiger partial charge in [0.2, 0.25) is 5.91 Å². The molecule has 0 radical (unpaired) electrons. The molecule has 1 N–H and O–H groups in total. The van der Waals surface area contributed by atoms with E-state index in [-0.39, 0.29) is 11.9 Å². The Morgan fingerprint density at radius 3 is 3.21 bits per heavy atom. The molecule has 2 rings (SSSR count). The van der Waals surface area contributed by atoms with Gasteiger partial charge in [0.25, 0.3) is 0 Å². The molecule has 1 unspecified atom stereocenters. The van der Waals surface area contributed by atoms with Crippen molar-refractivity contribution in [2.75, 3.05) is 13.6 Å². The fourth-order valence-electron chi connectivity index (χ4n) is 1.68. The number of carbonyl (C=O) groups is 1. The minimum absolute atomic E-state index is 0.0260. The van der Waals surface area contributed by atoms with E-state index < -0.39 is 0 Å². The molecule has 1 aromatic heterocycles. The summed E-state index contributed by atoms with van der Waals surface area (Å²) in [6.45, 7) is 1.34. The van der Waals surface area contributed by atoms with Crippen LogP contribution in [0.5, 0.6) is 0 Å². The number of amides is 1. The van der Waals surface area contributed by atoms with E-state index in [1.165, 1.54) is 6.26 Å². The second-order valence-electron chi connectivity index (χ2n) is 3.38. The normalized spacial score (nSPS) is 21.9. The molecule has 1 amide bonds. The van der Waals surface area contributed by atoms with Gasteiger partial charge in [-0.2, -0.15) is 0 Å². The van der Waals surface area contributed by atoms with Crippen molar-refractivity contribution >= 4 is 5.91 Å². The minimum atomic E-state index is -0.0260. The Bertz CT molecular complexity index is 310. The summed E-state index contributed by atoms with van der Waals surface area (Å²) in [5.74, 6) is 0.149. The first-order chi connectivity index (χ1) is 6.81. The molecule has 76 valence electrons. The van der Waals surface area contributed by atoms with Crippen molar-refractivity contribution in [2.45, 2.75) is 19.0 Å². The van der Waals surface area contributed by atoms with Crippen LogP contribution < -0.4 is 5.32 Å². The number of hydrogen-bond acceptors (Lipinski definition) is 4. The first kappa shape index (κ1) is 9.21. The van der Waals surface area contributed by atoms with E-state index in [0.29, 0.717) is 6.54 Å². The monoisotopic (exact) mass is 195 g/mol. The van der Waals surface area contributed by atoms with Crippen molar-refractivity contribution in [1.29, 1.82) is 0 Å². The minimum Gasteiger partial charge on any atom is -0.364 e. The molecule has 5 heteroatoms. The van der Waals surface area contributed by atoms with Gasteiger partial charge in [-0.3, -0.25) is 4.79 Å². The lowest BCUT2D eigenvalue weighted by molar-refractivity contribution is -0.129. The highest BCUT2D eigenvalue weighted by atomic mass is 16.5. The number of aromatic nitrogens is 1. The predicted molar refractivity (Wildman–Crippen MR) is 49.4 cm³/mol. The highest BCUT2D eigenvalue weighted by Crippen LogP contribution is 2.13. The van der Waals surface area contributed by atoms with Crippen molar-refractivity contribution in [2.24, 2.45) is 0 Å². The van der Waals surface area contributed by atoms with Crippen LogP contribution in [0.25, 0.3) is 0 Å². The van der Waals surface area contributed by atoms with Crippen molar-refractivity contribution in [3.8, 4) is 0 Å². The van der Waals surface area contributed by atoms with Crippen LogP contribution in [0.3, 0.4) is 0 Å². The average molecular weight is 195 g/mol. The summed E-state index contributed by atoms with van der Waals surface area (Å²) in [7, 11) is 1.81. The molecule has 0 spiro atoms.